The molecular formula is C13H12F3NO3. The normalized spacial score (nSPS) is 19.3. The van der Waals surface area contributed by atoms with Gasteiger partial charge in [0.25, 0.3) is 5.91 Å². The van der Waals surface area contributed by atoms with Gasteiger partial charge in [-0.1, -0.05) is 6.07 Å². The van der Waals surface area contributed by atoms with Crippen LogP contribution in [0.25, 0.3) is 0 Å². The highest BCUT2D eigenvalue weighted by molar-refractivity contribution is 5.99. The topological polar surface area (TPSA) is 46.6 Å². The number of carbonyl (C=O) groups is 2. The van der Waals surface area contributed by atoms with Gasteiger partial charge < -0.3 is 9.64 Å². The Morgan fingerprint density at radius 3 is 2.70 bits per heavy atom. The maximum Gasteiger partial charge on any atom is 0.416 e. The summed E-state index contributed by atoms with van der Waals surface area (Å²) in [6.07, 6.45) is -5.11. The Kier molecular flexibility index (Phi) is 3.69. The van der Waals surface area contributed by atoms with Gasteiger partial charge in [-0.05, 0) is 18.2 Å². The Morgan fingerprint density at radius 1 is 1.40 bits per heavy atom. The molecule has 0 saturated carbocycles. The van der Waals surface area contributed by atoms with Crippen molar-refractivity contribution in [3.63, 3.8) is 0 Å². The molecule has 7 heteroatoms. The predicted octanol–water partition coefficient (Wildman–Crippen LogP) is 2.37. The minimum absolute atomic E-state index is 0.152. The third-order valence-electron chi connectivity index (χ3n) is 2.95. The second-order valence-electron chi connectivity index (χ2n) is 4.42. The summed E-state index contributed by atoms with van der Waals surface area (Å²) in [6.45, 7) is 1.40. The van der Waals surface area contributed by atoms with Crippen LogP contribution < -0.4 is 4.90 Å². The monoisotopic (exact) mass is 287 g/mol. The number of ether oxygens (including phenoxy) is 1. The second kappa shape index (κ2) is 5.15. The van der Waals surface area contributed by atoms with Crippen molar-refractivity contribution in [3.05, 3.63) is 29.8 Å². The van der Waals surface area contributed by atoms with Crippen LogP contribution in [0.4, 0.5) is 18.9 Å². The van der Waals surface area contributed by atoms with E-state index >= 15 is 0 Å². The van der Waals surface area contributed by atoms with Crippen molar-refractivity contribution in [2.75, 3.05) is 11.4 Å². The second-order valence-corrected chi connectivity index (χ2v) is 4.42. The maximum absolute atomic E-state index is 12.6. The SMILES string of the molecule is CC(=O)OC1CCN(c2cccc(C(F)(F)F)c2)C1=O. The molecule has 0 aliphatic carbocycles. The van der Waals surface area contributed by atoms with Crippen molar-refractivity contribution in [1.29, 1.82) is 0 Å². The lowest BCUT2D eigenvalue weighted by Gasteiger charge is -2.18. The summed E-state index contributed by atoms with van der Waals surface area (Å²) in [5.74, 6) is -1.09. The van der Waals surface area contributed by atoms with E-state index in [1.54, 1.807) is 0 Å². The lowest BCUT2D eigenvalue weighted by molar-refractivity contribution is -0.151. The van der Waals surface area contributed by atoms with Gasteiger partial charge in [0.2, 0.25) is 0 Å². The van der Waals surface area contributed by atoms with Crippen LogP contribution in [-0.4, -0.2) is 24.5 Å². The third-order valence-corrected chi connectivity index (χ3v) is 2.95. The Labute approximate surface area is 113 Å². The van der Waals surface area contributed by atoms with Crippen molar-refractivity contribution in [1.82, 2.24) is 0 Å². The molecule has 1 heterocycles. The van der Waals surface area contributed by atoms with Crippen LogP contribution in [0.2, 0.25) is 0 Å². The molecule has 108 valence electrons. The zero-order chi connectivity index (χ0) is 14.9. The average Bonchev–Trinajstić information content (AvgIpc) is 2.69. The summed E-state index contributed by atoms with van der Waals surface area (Å²) < 4.78 is 42.7. The lowest BCUT2D eigenvalue weighted by atomic mass is 10.2. The van der Waals surface area contributed by atoms with Crippen LogP contribution in [0.1, 0.15) is 18.9 Å². The number of carbonyl (C=O) groups excluding carboxylic acids is 2. The van der Waals surface area contributed by atoms with E-state index in [1.807, 2.05) is 0 Å². The molecule has 0 N–H and O–H groups in total. The molecule has 1 aliphatic heterocycles. The highest BCUT2D eigenvalue weighted by Gasteiger charge is 2.36. The van der Waals surface area contributed by atoms with Gasteiger partial charge in [0, 0.05) is 25.6 Å². The summed E-state index contributed by atoms with van der Waals surface area (Å²) in [4.78, 5) is 24.0. The summed E-state index contributed by atoms with van der Waals surface area (Å²) in [5.41, 5.74) is -0.668. The molecule has 1 aromatic carbocycles. The van der Waals surface area contributed by atoms with E-state index in [1.165, 1.54) is 24.0 Å². The highest BCUT2D eigenvalue weighted by Crippen LogP contribution is 2.32. The van der Waals surface area contributed by atoms with Crippen molar-refractivity contribution in [3.8, 4) is 0 Å². The minimum atomic E-state index is -4.46. The smallest absolute Gasteiger partial charge is 0.416 e. The molecular weight excluding hydrogens is 275 g/mol. The quantitative estimate of drug-likeness (QED) is 0.785. The van der Waals surface area contributed by atoms with Crippen LogP contribution in [-0.2, 0) is 20.5 Å². The number of hydrogen-bond acceptors (Lipinski definition) is 3. The number of amides is 1. The van der Waals surface area contributed by atoms with Gasteiger partial charge >= 0.3 is 12.1 Å². The van der Waals surface area contributed by atoms with E-state index < -0.39 is 29.7 Å². The number of alkyl halides is 3. The van der Waals surface area contributed by atoms with E-state index in [0.29, 0.717) is 0 Å². The Hall–Kier alpha value is -2.05. The first kappa shape index (κ1) is 14.4. The number of halogens is 3. The van der Waals surface area contributed by atoms with Crippen molar-refractivity contribution < 1.29 is 27.5 Å². The van der Waals surface area contributed by atoms with Crippen LogP contribution >= 0.6 is 0 Å². The molecule has 1 aromatic rings. The van der Waals surface area contributed by atoms with E-state index in [2.05, 4.69) is 0 Å². The summed E-state index contributed by atoms with van der Waals surface area (Å²) >= 11 is 0. The van der Waals surface area contributed by atoms with Crippen molar-refractivity contribution in [2.45, 2.75) is 25.6 Å². The molecule has 1 fully saturated rings. The summed E-state index contributed by atoms with van der Waals surface area (Å²) in [5, 5.41) is 0. The molecule has 0 radical (unpaired) electrons. The van der Waals surface area contributed by atoms with Gasteiger partial charge in [0.1, 0.15) is 0 Å². The molecule has 4 nitrogen and oxygen atoms in total. The van der Waals surface area contributed by atoms with Gasteiger partial charge in [-0.2, -0.15) is 13.2 Å². The number of hydrogen-bond donors (Lipinski definition) is 0. The highest BCUT2D eigenvalue weighted by atomic mass is 19.4. The van der Waals surface area contributed by atoms with Gasteiger partial charge in [-0.15, -0.1) is 0 Å². The van der Waals surface area contributed by atoms with Crippen LogP contribution in [0.3, 0.4) is 0 Å². The van der Waals surface area contributed by atoms with E-state index in [4.69, 9.17) is 4.74 Å². The van der Waals surface area contributed by atoms with Crippen LogP contribution in [0.5, 0.6) is 0 Å². The lowest BCUT2D eigenvalue weighted by Crippen LogP contribution is -2.31. The Balaban J connectivity index is 2.21. The zero-order valence-electron chi connectivity index (χ0n) is 10.6. The molecule has 1 amide bonds. The summed E-state index contributed by atoms with van der Waals surface area (Å²) in [7, 11) is 0. The first-order chi connectivity index (χ1) is 9.29. The molecule has 0 bridgehead atoms. The van der Waals surface area contributed by atoms with Crippen LogP contribution in [0.15, 0.2) is 24.3 Å². The number of esters is 1. The van der Waals surface area contributed by atoms with E-state index in [0.717, 1.165) is 12.1 Å². The molecule has 20 heavy (non-hydrogen) atoms. The van der Waals surface area contributed by atoms with Gasteiger partial charge in [-0.3, -0.25) is 9.59 Å². The van der Waals surface area contributed by atoms with Crippen LogP contribution in [0, 0.1) is 0 Å². The fraction of sp³-hybridized carbons (Fsp3) is 0.385. The fourth-order valence-electron chi connectivity index (χ4n) is 2.07. The Morgan fingerprint density at radius 2 is 2.10 bits per heavy atom. The number of rotatable bonds is 2. The first-order valence-electron chi connectivity index (χ1n) is 5.95. The molecule has 1 aliphatic rings. The van der Waals surface area contributed by atoms with E-state index in [9.17, 15) is 22.8 Å². The molecule has 0 aromatic heterocycles. The molecule has 1 saturated heterocycles. The summed E-state index contributed by atoms with van der Waals surface area (Å²) in [6, 6.07) is 4.51. The van der Waals surface area contributed by atoms with Gasteiger partial charge in [0.05, 0.1) is 5.56 Å². The first-order valence-corrected chi connectivity index (χ1v) is 5.95. The number of nitrogens with zero attached hydrogens (tertiary/aromatic N) is 1. The fourth-order valence-corrected chi connectivity index (χ4v) is 2.07. The maximum atomic E-state index is 12.6. The molecule has 1 atom stereocenters. The van der Waals surface area contributed by atoms with Crippen molar-refractivity contribution >= 4 is 17.6 Å². The minimum Gasteiger partial charge on any atom is -0.452 e. The zero-order valence-corrected chi connectivity index (χ0v) is 10.6. The standard InChI is InChI=1S/C13H12F3NO3/c1-8(18)20-11-5-6-17(12(11)19)10-4-2-3-9(7-10)13(14,15)16/h2-4,7,11H,5-6H2,1H3. The van der Waals surface area contributed by atoms with E-state index in [-0.39, 0.29) is 18.7 Å². The van der Waals surface area contributed by atoms with Gasteiger partial charge in [0.15, 0.2) is 6.10 Å². The largest absolute Gasteiger partial charge is 0.452 e. The third kappa shape index (κ3) is 2.92. The average molecular weight is 287 g/mol. The van der Waals surface area contributed by atoms with Gasteiger partial charge in [-0.25, -0.2) is 0 Å². The number of benzene rings is 1. The molecule has 1 unspecified atom stereocenters. The van der Waals surface area contributed by atoms with Crippen molar-refractivity contribution in [2.24, 2.45) is 0 Å². The Bertz CT molecular complexity index is 542. The molecule has 0 spiro atoms. The predicted molar refractivity (Wildman–Crippen MR) is 64.0 cm³/mol. The molecule has 2 rings (SSSR count). The number of anilines is 1.